The first-order chi connectivity index (χ1) is 16.5. The molecule has 2 aromatic carbocycles. The Morgan fingerprint density at radius 2 is 1.82 bits per heavy atom. The summed E-state index contributed by atoms with van der Waals surface area (Å²) in [5.74, 6) is 1.17. The lowest BCUT2D eigenvalue weighted by molar-refractivity contribution is 0.102. The molecule has 0 saturated heterocycles. The molecule has 0 atom stereocenters. The molecule has 0 aliphatic heterocycles. The van der Waals surface area contributed by atoms with Crippen LogP contribution in [0.2, 0.25) is 0 Å². The highest BCUT2D eigenvalue weighted by Crippen LogP contribution is 2.32. The fourth-order valence-corrected chi connectivity index (χ4v) is 3.59. The van der Waals surface area contributed by atoms with Crippen molar-refractivity contribution in [3.8, 4) is 23.0 Å². The number of aromatic nitrogens is 5. The molecule has 0 fully saturated rings. The number of aryl methyl sites for hydroxylation is 3. The summed E-state index contributed by atoms with van der Waals surface area (Å²) in [7, 11) is 1.82. The van der Waals surface area contributed by atoms with Crippen molar-refractivity contribution < 1.29 is 9.53 Å². The summed E-state index contributed by atoms with van der Waals surface area (Å²) in [6.07, 6.45) is 5.05. The van der Waals surface area contributed by atoms with Crippen LogP contribution >= 0.6 is 0 Å². The van der Waals surface area contributed by atoms with Crippen molar-refractivity contribution in [3.63, 3.8) is 0 Å². The molecular formula is C26H22N6O2. The second-order valence-electron chi connectivity index (χ2n) is 8.00. The maximum atomic E-state index is 12.9. The summed E-state index contributed by atoms with van der Waals surface area (Å²) < 4.78 is 7.93. The van der Waals surface area contributed by atoms with Crippen molar-refractivity contribution in [2.45, 2.75) is 13.8 Å². The van der Waals surface area contributed by atoms with Gasteiger partial charge in [0.2, 0.25) is 5.88 Å². The van der Waals surface area contributed by atoms with Crippen LogP contribution in [0.4, 0.5) is 5.69 Å². The summed E-state index contributed by atoms with van der Waals surface area (Å²) in [6, 6.07) is 16.7. The number of carbonyl (C=O) groups excluding carboxylic acids is 1. The number of fused-ring (bicyclic) bond motifs is 1. The third-order valence-electron chi connectivity index (χ3n) is 5.43. The third kappa shape index (κ3) is 4.21. The normalized spacial score (nSPS) is 10.9. The molecule has 0 aliphatic rings. The van der Waals surface area contributed by atoms with Gasteiger partial charge in [0.1, 0.15) is 11.1 Å². The minimum absolute atomic E-state index is 0.220. The van der Waals surface area contributed by atoms with E-state index in [2.05, 4.69) is 25.4 Å². The molecule has 168 valence electrons. The molecule has 0 radical (unpaired) electrons. The molecule has 0 unspecified atom stereocenters. The first kappa shape index (κ1) is 21.3. The van der Waals surface area contributed by atoms with Gasteiger partial charge in [-0.2, -0.15) is 10.1 Å². The van der Waals surface area contributed by atoms with E-state index in [0.717, 1.165) is 22.4 Å². The number of carbonyl (C=O) groups is 1. The minimum Gasteiger partial charge on any atom is -0.438 e. The topological polar surface area (TPSA) is 94.8 Å². The molecule has 0 bridgehead atoms. The highest BCUT2D eigenvalue weighted by molar-refractivity contribution is 6.04. The summed E-state index contributed by atoms with van der Waals surface area (Å²) >= 11 is 0. The van der Waals surface area contributed by atoms with E-state index >= 15 is 0 Å². The summed E-state index contributed by atoms with van der Waals surface area (Å²) in [4.78, 5) is 26.3. The highest BCUT2D eigenvalue weighted by atomic mass is 16.5. The van der Waals surface area contributed by atoms with Crippen LogP contribution < -0.4 is 10.1 Å². The van der Waals surface area contributed by atoms with Gasteiger partial charge in [-0.15, -0.1) is 0 Å². The second kappa shape index (κ2) is 8.74. The monoisotopic (exact) mass is 450 g/mol. The van der Waals surface area contributed by atoms with Crippen molar-refractivity contribution in [3.05, 3.63) is 89.9 Å². The fourth-order valence-electron chi connectivity index (χ4n) is 3.59. The molecular weight excluding hydrogens is 428 g/mol. The maximum absolute atomic E-state index is 12.9. The molecule has 0 aliphatic carbocycles. The van der Waals surface area contributed by atoms with Gasteiger partial charge >= 0.3 is 0 Å². The Hall–Kier alpha value is -4.59. The quantitative estimate of drug-likeness (QED) is 0.401. The van der Waals surface area contributed by atoms with Crippen molar-refractivity contribution in [1.82, 2.24) is 24.7 Å². The standard InChI is InChI=1S/C26H22N6O2/c1-16-5-4-6-20(13-16)29-25(33)19-8-7-17(2)22(14-19)34-26-21-15-28-32(3)24(21)30-23(31-26)18-9-11-27-12-10-18/h4-15H,1-3H3,(H,29,33). The van der Waals surface area contributed by atoms with Gasteiger partial charge in [-0.3, -0.25) is 14.5 Å². The molecule has 1 amide bonds. The van der Waals surface area contributed by atoms with E-state index in [9.17, 15) is 4.79 Å². The number of pyridine rings is 1. The second-order valence-corrected chi connectivity index (χ2v) is 8.00. The maximum Gasteiger partial charge on any atom is 0.255 e. The van der Waals surface area contributed by atoms with Gasteiger partial charge < -0.3 is 10.1 Å². The Labute approximate surface area is 196 Å². The number of anilines is 1. The average Bonchev–Trinajstić information content (AvgIpc) is 3.22. The Bertz CT molecular complexity index is 1510. The average molecular weight is 451 g/mol. The first-order valence-electron chi connectivity index (χ1n) is 10.7. The van der Waals surface area contributed by atoms with Crippen LogP contribution in [0.25, 0.3) is 22.4 Å². The van der Waals surface area contributed by atoms with Crippen molar-refractivity contribution in [2.75, 3.05) is 5.32 Å². The molecule has 3 heterocycles. The molecule has 8 heteroatoms. The SMILES string of the molecule is Cc1cccc(NC(=O)c2ccc(C)c(Oc3nc(-c4ccncc4)nc4c3cnn4C)c2)c1. The highest BCUT2D eigenvalue weighted by Gasteiger charge is 2.17. The van der Waals surface area contributed by atoms with E-state index < -0.39 is 0 Å². The van der Waals surface area contributed by atoms with E-state index in [4.69, 9.17) is 4.74 Å². The predicted octanol–water partition coefficient (Wildman–Crippen LogP) is 5.09. The molecule has 0 spiro atoms. The van der Waals surface area contributed by atoms with Gasteiger partial charge in [0, 0.05) is 36.3 Å². The lowest BCUT2D eigenvalue weighted by Gasteiger charge is -2.12. The molecule has 3 aromatic heterocycles. The van der Waals surface area contributed by atoms with Gasteiger partial charge in [-0.25, -0.2) is 4.98 Å². The number of nitrogens with zero attached hydrogens (tertiary/aromatic N) is 5. The van der Waals surface area contributed by atoms with E-state index in [-0.39, 0.29) is 5.91 Å². The van der Waals surface area contributed by atoms with Crippen molar-refractivity contribution in [1.29, 1.82) is 0 Å². The largest absolute Gasteiger partial charge is 0.438 e. The number of rotatable bonds is 5. The molecule has 5 aromatic rings. The Kier molecular flexibility index (Phi) is 5.47. The summed E-state index contributed by atoms with van der Waals surface area (Å²) in [6.45, 7) is 3.90. The molecule has 34 heavy (non-hydrogen) atoms. The van der Waals surface area contributed by atoms with Gasteiger partial charge in [-0.1, -0.05) is 18.2 Å². The fraction of sp³-hybridized carbons (Fsp3) is 0.115. The smallest absolute Gasteiger partial charge is 0.255 e. The predicted molar refractivity (Wildman–Crippen MR) is 130 cm³/mol. The minimum atomic E-state index is -0.220. The van der Waals surface area contributed by atoms with Crippen LogP contribution in [0.3, 0.4) is 0 Å². The van der Waals surface area contributed by atoms with Gasteiger partial charge in [0.15, 0.2) is 11.5 Å². The van der Waals surface area contributed by atoms with Gasteiger partial charge in [-0.05, 0) is 61.4 Å². The zero-order valence-electron chi connectivity index (χ0n) is 19.0. The molecule has 0 saturated carbocycles. The van der Waals surface area contributed by atoms with E-state index in [1.807, 2.05) is 63.4 Å². The van der Waals surface area contributed by atoms with Crippen LogP contribution in [0.5, 0.6) is 11.6 Å². The summed E-state index contributed by atoms with van der Waals surface area (Å²) in [5, 5.41) is 7.92. The number of amides is 1. The van der Waals surface area contributed by atoms with E-state index in [1.165, 1.54) is 0 Å². The van der Waals surface area contributed by atoms with E-state index in [1.54, 1.807) is 35.4 Å². The Balaban J connectivity index is 1.51. The van der Waals surface area contributed by atoms with Crippen molar-refractivity contribution in [2.24, 2.45) is 7.05 Å². The number of hydrogen-bond donors (Lipinski definition) is 1. The third-order valence-corrected chi connectivity index (χ3v) is 5.43. The van der Waals surface area contributed by atoms with Crippen LogP contribution in [0, 0.1) is 13.8 Å². The van der Waals surface area contributed by atoms with Crippen LogP contribution in [-0.2, 0) is 7.05 Å². The zero-order chi connectivity index (χ0) is 23.7. The van der Waals surface area contributed by atoms with Gasteiger partial charge in [0.05, 0.1) is 6.20 Å². The van der Waals surface area contributed by atoms with Crippen molar-refractivity contribution >= 4 is 22.6 Å². The lowest BCUT2D eigenvalue weighted by atomic mass is 10.1. The lowest BCUT2D eigenvalue weighted by Crippen LogP contribution is -2.12. The summed E-state index contributed by atoms with van der Waals surface area (Å²) in [5.41, 5.74) is 4.61. The zero-order valence-corrected chi connectivity index (χ0v) is 19.0. The number of ether oxygens (including phenoxy) is 1. The Morgan fingerprint density at radius 1 is 1.00 bits per heavy atom. The molecule has 5 rings (SSSR count). The Morgan fingerprint density at radius 3 is 2.62 bits per heavy atom. The van der Waals surface area contributed by atoms with E-state index in [0.29, 0.717) is 34.1 Å². The first-order valence-corrected chi connectivity index (χ1v) is 10.7. The molecule has 1 N–H and O–H groups in total. The van der Waals surface area contributed by atoms with Crippen LogP contribution in [0.15, 0.2) is 73.2 Å². The van der Waals surface area contributed by atoms with Crippen LogP contribution in [0.1, 0.15) is 21.5 Å². The molecule has 8 nitrogen and oxygen atoms in total. The van der Waals surface area contributed by atoms with Gasteiger partial charge in [0.25, 0.3) is 5.91 Å². The number of nitrogens with one attached hydrogen (secondary N) is 1. The van der Waals surface area contributed by atoms with Crippen LogP contribution in [-0.4, -0.2) is 30.6 Å². The number of hydrogen-bond acceptors (Lipinski definition) is 6. The number of benzene rings is 2.